The maximum Gasteiger partial charge on any atom is 0.261 e. The van der Waals surface area contributed by atoms with Crippen molar-refractivity contribution in [2.45, 2.75) is 9.48 Å². The number of anilines is 2. The third kappa shape index (κ3) is 5.00. The summed E-state index contributed by atoms with van der Waals surface area (Å²) >= 11 is 3.85. The zero-order valence-electron chi connectivity index (χ0n) is 15.9. The fourth-order valence-corrected chi connectivity index (χ4v) is 6.90. The van der Waals surface area contributed by atoms with Gasteiger partial charge in [0.15, 0.2) is 0 Å². The maximum atomic E-state index is 12.5. The summed E-state index contributed by atoms with van der Waals surface area (Å²) in [4.78, 5) is 12.6. The molecule has 154 valence electrons. The van der Waals surface area contributed by atoms with Gasteiger partial charge in [0.2, 0.25) is 0 Å². The molecule has 0 saturated carbocycles. The fourth-order valence-electron chi connectivity index (χ4n) is 2.98. The van der Waals surface area contributed by atoms with Crippen LogP contribution in [0.5, 0.6) is 0 Å². The third-order valence-electron chi connectivity index (χ3n) is 4.52. The van der Waals surface area contributed by atoms with E-state index in [0.717, 1.165) is 11.5 Å². The zero-order valence-corrected chi connectivity index (χ0v) is 18.4. The first-order valence-corrected chi connectivity index (χ1v) is 12.9. The van der Waals surface area contributed by atoms with Crippen molar-refractivity contribution in [1.82, 2.24) is 0 Å². The first-order chi connectivity index (χ1) is 14.5. The van der Waals surface area contributed by atoms with E-state index in [9.17, 15) is 13.2 Å². The van der Waals surface area contributed by atoms with Crippen LogP contribution in [-0.4, -0.2) is 25.8 Å². The number of rotatable bonds is 6. The summed E-state index contributed by atoms with van der Waals surface area (Å²) in [6.07, 6.45) is 0. The number of amides is 1. The summed E-state index contributed by atoms with van der Waals surface area (Å²) in [5.74, 6) is 2.08. The van der Waals surface area contributed by atoms with Gasteiger partial charge in [-0.05, 0) is 54.1 Å². The molecule has 3 aromatic rings. The van der Waals surface area contributed by atoms with Gasteiger partial charge in [-0.2, -0.15) is 0 Å². The van der Waals surface area contributed by atoms with Gasteiger partial charge in [0.25, 0.3) is 15.9 Å². The van der Waals surface area contributed by atoms with E-state index >= 15 is 0 Å². The van der Waals surface area contributed by atoms with Gasteiger partial charge in [-0.1, -0.05) is 30.3 Å². The molecule has 8 heteroatoms. The molecule has 1 aliphatic rings. The molecule has 1 amide bonds. The summed E-state index contributed by atoms with van der Waals surface area (Å²) in [6.45, 7) is 0. The molecule has 1 heterocycles. The van der Waals surface area contributed by atoms with E-state index in [0.29, 0.717) is 21.5 Å². The van der Waals surface area contributed by atoms with Gasteiger partial charge in [0.05, 0.1) is 9.48 Å². The van der Waals surface area contributed by atoms with Crippen LogP contribution in [0.25, 0.3) is 0 Å². The molecular formula is C22H20N2O3S3. The minimum Gasteiger partial charge on any atom is -0.322 e. The molecule has 3 aromatic carbocycles. The average Bonchev–Trinajstić information content (AvgIpc) is 3.30. The smallest absolute Gasteiger partial charge is 0.261 e. The largest absolute Gasteiger partial charge is 0.322 e. The van der Waals surface area contributed by atoms with Gasteiger partial charge in [0.1, 0.15) is 0 Å². The molecule has 0 unspecified atom stereocenters. The van der Waals surface area contributed by atoms with Crippen LogP contribution < -0.4 is 10.0 Å². The average molecular weight is 457 g/mol. The highest BCUT2D eigenvalue weighted by atomic mass is 32.2. The highest BCUT2D eigenvalue weighted by Gasteiger charge is 2.19. The van der Waals surface area contributed by atoms with Crippen molar-refractivity contribution in [2.24, 2.45) is 0 Å². The highest BCUT2D eigenvalue weighted by molar-refractivity contribution is 8.19. The van der Waals surface area contributed by atoms with Crippen LogP contribution in [0.1, 0.15) is 20.5 Å². The van der Waals surface area contributed by atoms with Crippen LogP contribution in [-0.2, 0) is 10.0 Å². The summed E-state index contributed by atoms with van der Waals surface area (Å²) in [5, 5.41) is 2.81. The number of para-hydroxylation sites is 1. The van der Waals surface area contributed by atoms with Gasteiger partial charge >= 0.3 is 0 Å². The minimum absolute atomic E-state index is 0.125. The number of nitrogens with one attached hydrogen (secondary N) is 2. The molecule has 0 aliphatic carbocycles. The van der Waals surface area contributed by atoms with E-state index in [1.165, 1.54) is 17.7 Å². The van der Waals surface area contributed by atoms with Gasteiger partial charge < -0.3 is 5.32 Å². The molecule has 2 N–H and O–H groups in total. The predicted molar refractivity (Wildman–Crippen MR) is 126 cm³/mol. The number of hydrogen-bond acceptors (Lipinski definition) is 5. The molecule has 0 spiro atoms. The summed E-state index contributed by atoms with van der Waals surface area (Å²) in [5.41, 5.74) is 2.81. The summed E-state index contributed by atoms with van der Waals surface area (Å²) in [7, 11) is -3.69. The number of sulfonamides is 1. The Morgan fingerprint density at radius 3 is 2.07 bits per heavy atom. The monoisotopic (exact) mass is 456 g/mol. The quantitative estimate of drug-likeness (QED) is 0.532. The molecule has 0 radical (unpaired) electrons. The summed E-state index contributed by atoms with van der Waals surface area (Å²) in [6, 6.07) is 22.4. The van der Waals surface area contributed by atoms with Crippen molar-refractivity contribution >= 4 is 50.8 Å². The van der Waals surface area contributed by atoms with E-state index in [2.05, 4.69) is 10.0 Å². The Bertz CT molecular complexity index is 1110. The van der Waals surface area contributed by atoms with E-state index in [1.807, 2.05) is 53.9 Å². The van der Waals surface area contributed by atoms with Gasteiger partial charge in [-0.15, -0.1) is 23.5 Å². The molecule has 0 atom stereocenters. The second kappa shape index (κ2) is 9.16. The topological polar surface area (TPSA) is 75.3 Å². The van der Waals surface area contributed by atoms with Gasteiger partial charge in [-0.25, -0.2) is 8.42 Å². The maximum absolute atomic E-state index is 12.5. The lowest BCUT2D eigenvalue weighted by molar-refractivity contribution is 0.102. The van der Waals surface area contributed by atoms with Crippen molar-refractivity contribution in [3.8, 4) is 0 Å². The normalized spacial score (nSPS) is 14.4. The number of carbonyl (C=O) groups is 1. The van der Waals surface area contributed by atoms with Crippen LogP contribution in [0.2, 0.25) is 0 Å². The molecule has 4 rings (SSSR count). The van der Waals surface area contributed by atoms with Crippen molar-refractivity contribution in [2.75, 3.05) is 21.5 Å². The first-order valence-electron chi connectivity index (χ1n) is 9.34. The Balaban J connectivity index is 1.41. The standard InChI is InChI=1S/C22H20N2O3S3/c25-21(16-6-8-17(9-7-16)22-28-14-15-29-22)23-18-10-12-20(13-11-18)30(26,27)24-19-4-2-1-3-5-19/h1-13,22,24H,14-15H2,(H,23,25). The van der Waals surface area contributed by atoms with Crippen LogP contribution in [0.3, 0.4) is 0 Å². The van der Waals surface area contributed by atoms with Crippen molar-refractivity contribution in [3.63, 3.8) is 0 Å². The molecular weight excluding hydrogens is 436 g/mol. The molecule has 1 fully saturated rings. The van der Waals surface area contributed by atoms with Crippen molar-refractivity contribution < 1.29 is 13.2 Å². The highest BCUT2D eigenvalue weighted by Crippen LogP contribution is 2.45. The van der Waals surface area contributed by atoms with Crippen LogP contribution in [0.15, 0.2) is 83.8 Å². The summed E-state index contributed by atoms with van der Waals surface area (Å²) < 4.78 is 28.0. The number of thioether (sulfide) groups is 2. The Kier molecular flexibility index (Phi) is 6.36. The second-order valence-corrected chi connectivity index (χ2v) is 11.1. The van der Waals surface area contributed by atoms with Crippen molar-refractivity contribution in [3.05, 3.63) is 90.0 Å². The Hall–Kier alpha value is -2.42. The molecule has 5 nitrogen and oxygen atoms in total. The van der Waals surface area contributed by atoms with E-state index in [-0.39, 0.29) is 10.8 Å². The fraction of sp³-hybridized carbons (Fsp3) is 0.136. The third-order valence-corrected chi connectivity index (χ3v) is 9.02. The molecule has 1 aliphatic heterocycles. The molecule has 0 bridgehead atoms. The number of hydrogen-bond donors (Lipinski definition) is 2. The van der Waals surface area contributed by atoms with Crippen molar-refractivity contribution in [1.29, 1.82) is 0 Å². The van der Waals surface area contributed by atoms with Gasteiger partial charge in [-0.3, -0.25) is 9.52 Å². The predicted octanol–water partition coefficient (Wildman–Crippen LogP) is 5.22. The first kappa shape index (κ1) is 20.8. The van der Waals surface area contributed by atoms with Crippen LogP contribution >= 0.6 is 23.5 Å². The lowest BCUT2D eigenvalue weighted by atomic mass is 10.1. The lowest BCUT2D eigenvalue weighted by Gasteiger charge is -2.11. The Labute approximate surface area is 184 Å². The minimum atomic E-state index is -3.69. The van der Waals surface area contributed by atoms with Gasteiger partial charge in [0, 0.05) is 28.4 Å². The molecule has 1 saturated heterocycles. The Morgan fingerprint density at radius 2 is 1.43 bits per heavy atom. The molecule has 30 heavy (non-hydrogen) atoms. The lowest BCUT2D eigenvalue weighted by Crippen LogP contribution is -2.14. The number of carbonyl (C=O) groups excluding carboxylic acids is 1. The van der Waals surface area contributed by atoms with Crippen LogP contribution in [0, 0.1) is 0 Å². The number of benzene rings is 3. The zero-order chi connectivity index (χ0) is 21.0. The molecule has 0 aromatic heterocycles. The van der Waals surface area contributed by atoms with E-state index in [4.69, 9.17) is 0 Å². The van der Waals surface area contributed by atoms with E-state index in [1.54, 1.807) is 36.4 Å². The van der Waals surface area contributed by atoms with Crippen LogP contribution in [0.4, 0.5) is 11.4 Å². The second-order valence-electron chi connectivity index (χ2n) is 6.65. The Morgan fingerprint density at radius 1 is 0.800 bits per heavy atom. The SMILES string of the molecule is O=C(Nc1ccc(S(=O)(=O)Nc2ccccc2)cc1)c1ccc(C2SCCS2)cc1. The van der Waals surface area contributed by atoms with E-state index < -0.39 is 10.0 Å².